The predicted molar refractivity (Wildman–Crippen MR) is 102 cm³/mol. The van der Waals surface area contributed by atoms with Crippen molar-refractivity contribution in [1.82, 2.24) is 0 Å². The van der Waals surface area contributed by atoms with E-state index in [1.165, 1.54) is 5.56 Å². The van der Waals surface area contributed by atoms with Gasteiger partial charge in [-0.2, -0.15) is 0 Å². The minimum Gasteiger partial charge on any atom is -0.395 e. The lowest BCUT2D eigenvalue weighted by Crippen LogP contribution is -2.83. The third-order valence-corrected chi connectivity index (χ3v) is 4.06. The van der Waals surface area contributed by atoms with Crippen molar-refractivity contribution in [3.05, 3.63) is 72.3 Å². The van der Waals surface area contributed by atoms with E-state index in [2.05, 4.69) is 19.2 Å². The largest absolute Gasteiger partial charge is 0.519 e. The lowest BCUT2D eigenvalue weighted by atomic mass is 10.1. The molecule has 0 saturated carbocycles. The molecule has 0 aromatic heterocycles. The highest BCUT2D eigenvalue weighted by atomic mass is 16.7. The summed E-state index contributed by atoms with van der Waals surface area (Å²) in [5, 5.41) is 4.38. The number of ether oxygens (including phenoxy) is 2. The van der Waals surface area contributed by atoms with Crippen LogP contribution >= 0.6 is 0 Å². The van der Waals surface area contributed by atoms with Crippen LogP contribution in [0.4, 0.5) is 4.79 Å². The van der Waals surface area contributed by atoms with E-state index in [4.69, 9.17) is 9.47 Å². The Morgan fingerprint density at radius 1 is 0.885 bits per heavy atom. The van der Waals surface area contributed by atoms with Crippen LogP contribution in [0.25, 0.3) is 10.8 Å². The third-order valence-electron chi connectivity index (χ3n) is 4.06. The highest BCUT2D eigenvalue weighted by Crippen LogP contribution is 2.21. The Morgan fingerprint density at radius 3 is 2.27 bits per heavy atom. The fraction of sp³-hybridized carbons (Fsp3) is 0.227. The number of carbonyl (C=O) groups is 1. The molecule has 26 heavy (non-hydrogen) atoms. The quantitative estimate of drug-likeness (QED) is 0.537. The molecule has 134 valence electrons. The van der Waals surface area contributed by atoms with Crippen LogP contribution in [-0.2, 0) is 6.54 Å². The molecule has 2 N–H and O–H groups in total. The molecule has 3 aromatic rings. The summed E-state index contributed by atoms with van der Waals surface area (Å²) >= 11 is 0. The second-order valence-corrected chi connectivity index (χ2v) is 6.73. The average Bonchev–Trinajstić information content (AvgIpc) is 2.63. The van der Waals surface area contributed by atoms with E-state index in [0.29, 0.717) is 17.4 Å². The van der Waals surface area contributed by atoms with Gasteiger partial charge in [-0.15, -0.1) is 0 Å². The number of hydrogen-bond donors (Lipinski definition) is 1. The maximum absolute atomic E-state index is 12.0. The van der Waals surface area contributed by atoms with Gasteiger partial charge in [0, 0.05) is 11.5 Å². The van der Waals surface area contributed by atoms with Crippen LogP contribution < -0.4 is 14.8 Å². The van der Waals surface area contributed by atoms with Crippen LogP contribution in [0.2, 0.25) is 0 Å². The van der Waals surface area contributed by atoms with E-state index in [9.17, 15) is 4.79 Å². The van der Waals surface area contributed by atoms with Crippen molar-refractivity contribution in [1.29, 1.82) is 0 Å². The van der Waals surface area contributed by atoms with Gasteiger partial charge in [0.15, 0.2) is 0 Å². The summed E-state index contributed by atoms with van der Waals surface area (Å²) < 4.78 is 10.5. The zero-order chi connectivity index (χ0) is 18.4. The second kappa shape index (κ2) is 8.50. The van der Waals surface area contributed by atoms with Crippen LogP contribution in [0.3, 0.4) is 0 Å². The third kappa shape index (κ3) is 5.07. The number of rotatable bonds is 6. The summed E-state index contributed by atoms with van der Waals surface area (Å²) in [5.74, 6) is 1.61. The topological polar surface area (TPSA) is 52.1 Å². The van der Waals surface area contributed by atoms with Crippen molar-refractivity contribution in [2.45, 2.75) is 20.4 Å². The van der Waals surface area contributed by atoms with Gasteiger partial charge < -0.3 is 14.8 Å². The summed E-state index contributed by atoms with van der Waals surface area (Å²) in [6.45, 7) is 6.42. The Bertz CT molecular complexity index is 872. The minimum absolute atomic E-state index is 0.466. The van der Waals surface area contributed by atoms with Crippen molar-refractivity contribution < 1.29 is 19.6 Å². The van der Waals surface area contributed by atoms with Gasteiger partial charge in [0.2, 0.25) is 0 Å². The second-order valence-electron chi connectivity index (χ2n) is 6.73. The first-order chi connectivity index (χ1) is 12.6. The van der Waals surface area contributed by atoms with Crippen molar-refractivity contribution in [2.24, 2.45) is 5.92 Å². The fourth-order valence-electron chi connectivity index (χ4n) is 2.72. The summed E-state index contributed by atoms with van der Waals surface area (Å²) in [6, 6.07) is 20.9. The molecular weight excluding hydrogens is 326 g/mol. The summed E-state index contributed by atoms with van der Waals surface area (Å²) in [6.07, 6.45) is -0.737. The molecule has 4 heteroatoms. The minimum atomic E-state index is -0.737. The highest BCUT2D eigenvalue weighted by Gasteiger charge is 2.09. The standard InChI is InChI=1S/C22H23NO3/c1-16(2)14-23-15-17-7-10-20(11-8-17)25-22(24)26-21-12-9-18-5-3-4-6-19(18)13-21/h3-13,16,23H,14-15H2,1-2H3/p+1. The van der Waals surface area contributed by atoms with Crippen molar-refractivity contribution in [2.75, 3.05) is 6.54 Å². The molecule has 0 unspecified atom stereocenters. The zero-order valence-electron chi connectivity index (χ0n) is 15.1. The van der Waals surface area contributed by atoms with Gasteiger partial charge in [0.25, 0.3) is 0 Å². The molecule has 0 fully saturated rings. The van der Waals surface area contributed by atoms with Crippen molar-refractivity contribution >= 4 is 16.9 Å². The van der Waals surface area contributed by atoms with E-state index >= 15 is 0 Å². The molecule has 0 atom stereocenters. The predicted octanol–water partition coefficient (Wildman–Crippen LogP) is 4.14. The van der Waals surface area contributed by atoms with Crippen molar-refractivity contribution in [3.63, 3.8) is 0 Å². The molecule has 0 bridgehead atoms. The van der Waals surface area contributed by atoms with E-state index in [1.54, 1.807) is 18.2 Å². The summed E-state index contributed by atoms with van der Waals surface area (Å²) in [4.78, 5) is 12.0. The lowest BCUT2D eigenvalue weighted by Gasteiger charge is -2.08. The van der Waals surface area contributed by atoms with Crippen LogP contribution in [0, 0.1) is 5.92 Å². The van der Waals surface area contributed by atoms with Gasteiger partial charge in [0.05, 0.1) is 6.54 Å². The van der Waals surface area contributed by atoms with Crippen LogP contribution in [0.1, 0.15) is 19.4 Å². The molecule has 0 radical (unpaired) electrons. The first-order valence-electron chi connectivity index (χ1n) is 8.89. The molecule has 3 rings (SSSR count). The number of benzene rings is 3. The monoisotopic (exact) mass is 350 g/mol. The van der Waals surface area contributed by atoms with Gasteiger partial charge >= 0.3 is 6.16 Å². The van der Waals surface area contributed by atoms with Crippen LogP contribution in [0.15, 0.2) is 66.7 Å². The van der Waals surface area contributed by atoms with E-state index in [-0.39, 0.29) is 0 Å². The van der Waals surface area contributed by atoms with Crippen LogP contribution in [-0.4, -0.2) is 12.7 Å². The number of fused-ring (bicyclic) bond motifs is 1. The van der Waals surface area contributed by atoms with Gasteiger partial charge in [-0.3, -0.25) is 0 Å². The van der Waals surface area contributed by atoms with Crippen molar-refractivity contribution in [3.8, 4) is 11.5 Å². The number of carbonyl (C=O) groups excluding carboxylic acids is 1. The van der Waals surface area contributed by atoms with Gasteiger partial charge in [-0.05, 0) is 47.2 Å². The molecule has 3 aromatic carbocycles. The van der Waals surface area contributed by atoms with E-state index in [1.807, 2.05) is 48.5 Å². The lowest BCUT2D eigenvalue weighted by molar-refractivity contribution is -0.675. The molecule has 4 nitrogen and oxygen atoms in total. The first-order valence-corrected chi connectivity index (χ1v) is 8.89. The highest BCUT2D eigenvalue weighted by molar-refractivity contribution is 5.84. The Morgan fingerprint density at radius 2 is 1.54 bits per heavy atom. The molecule has 0 aliphatic heterocycles. The van der Waals surface area contributed by atoms with Gasteiger partial charge in [-0.25, -0.2) is 4.79 Å². The Kier molecular flexibility index (Phi) is 5.87. The fourth-order valence-corrected chi connectivity index (χ4v) is 2.72. The molecule has 0 aliphatic carbocycles. The first kappa shape index (κ1) is 18.0. The average molecular weight is 350 g/mol. The molecule has 0 saturated heterocycles. The number of hydrogen-bond acceptors (Lipinski definition) is 3. The smallest absolute Gasteiger partial charge is 0.395 e. The molecule has 0 aliphatic rings. The maximum Gasteiger partial charge on any atom is 0.519 e. The Labute approximate surface area is 153 Å². The number of quaternary nitrogens is 1. The summed E-state index contributed by atoms with van der Waals surface area (Å²) in [7, 11) is 0. The zero-order valence-corrected chi connectivity index (χ0v) is 15.1. The number of nitrogens with two attached hydrogens (primary N) is 1. The Balaban J connectivity index is 1.55. The SMILES string of the molecule is CC(C)C[NH2+]Cc1ccc(OC(=O)Oc2ccc3ccccc3c2)cc1. The van der Waals surface area contributed by atoms with Gasteiger partial charge in [0.1, 0.15) is 18.0 Å². The normalized spacial score (nSPS) is 10.9. The summed E-state index contributed by atoms with van der Waals surface area (Å²) in [5.41, 5.74) is 1.20. The van der Waals surface area contributed by atoms with E-state index < -0.39 is 6.16 Å². The molecular formula is C22H24NO3+. The maximum atomic E-state index is 12.0. The van der Waals surface area contributed by atoms with E-state index in [0.717, 1.165) is 23.9 Å². The molecule has 0 heterocycles. The van der Waals surface area contributed by atoms with Gasteiger partial charge in [-0.1, -0.05) is 44.2 Å². The van der Waals surface area contributed by atoms with Crippen LogP contribution in [0.5, 0.6) is 11.5 Å². The molecule has 0 amide bonds. The molecule has 0 spiro atoms. The Hall–Kier alpha value is -2.85.